The lowest BCUT2D eigenvalue weighted by Gasteiger charge is -2.36. The van der Waals surface area contributed by atoms with E-state index in [0.29, 0.717) is 15.6 Å². The smallest absolute Gasteiger partial charge is 0.249 e. The highest BCUT2D eigenvalue weighted by molar-refractivity contribution is 6.43. The zero-order valence-electron chi connectivity index (χ0n) is 19.9. The average Bonchev–Trinajstić information content (AvgIpc) is 3.16. The molecule has 0 atom stereocenters. The standard InChI is InChI=1S/C28H30Cl2N4O/c1-32-24-10-3-2-7-19(24)21-12-13-22(28(31)35)20(27(21)32)8-4-5-14-33-15-17-34(18-16-33)25-11-6-9-23(29)26(25)30/h2-3,6-7,9-13H,4-5,8,14-18H2,1H3,(H2,31,35). The second-order valence-corrected chi connectivity index (χ2v) is 10.1. The molecule has 1 saturated heterocycles. The van der Waals surface area contributed by atoms with Crippen LogP contribution >= 0.6 is 23.2 Å². The minimum absolute atomic E-state index is 0.358. The van der Waals surface area contributed by atoms with E-state index < -0.39 is 0 Å². The zero-order valence-corrected chi connectivity index (χ0v) is 21.4. The molecule has 5 nitrogen and oxygen atoms in total. The number of hydrogen-bond donors (Lipinski definition) is 1. The van der Waals surface area contributed by atoms with Crippen LogP contribution in [0.5, 0.6) is 0 Å². The summed E-state index contributed by atoms with van der Waals surface area (Å²) in [5, 5.41) is 3.62. The van der Waals surface area contributed by atoms with Crippen LogP contribution in [0.3, 0.4) is 0 Å². The third-order valence-corrected chi connectivity index (χ3v) is 8.04. The van der Waals surface area contributed by atoms with Crippen LogP contribution in [-0.4, -0.2) is 48.1 Å². The van der Waals surface area contributed by atoms with Gasteiger partial charge in [0.2, 0.25) is 5.91 Å². The molecule has 2 heterocycles. The minimum Gasteiger partial charge on any atom is -0.368 e. The lowest BCUT2D eigenvalue weighted by Crippen LogP contribution is -2.46. The number of aryl methyl sites for hydroxylation is 2. The van der Waals surface area contributed by atoms with Gasteiger partial charge < -0.3 is 15.2 Å². The van der Waals surface area contributed by atoms with Gasteiger partial charge in [0, 0.05) is 55.1 Å². The average molecular weight is 509 g/mol. The molecule has 3 aromatic carbocycles. The van der Waals surface area contributed by atoms with Crippen LogP contribution in [0, 0.1) is 0 Å². The summed E-state index contributed by atoms with van der Waals surface area (Å²) in [7, 11) is 2.07. The number of halogens is 2. The Bertz CT molecular complexity index is 1390. The van der Waals surface area contributed by atoms with E-state index in [4.69, 9.17) is 28.9 Å². The van der Waals surface area contributed by atoms with Gasteiger partial charge >= 0.3 is 0 Å². The summed E-state index contributed by atoms with van der Waals surface area (Å²) < 4.78 is 2.20. The maximum atomic E-state index is 12.2. The molecule has 1 aliphatic rings. The van der Waals surface area contributed by atoms with Crippen molar-refractivity contribution in [1.82, 2.24) is 9.47 Å². The molecule has 1 aromatic heterocycles. The zero-order chi connectivity index (χ0) is 24.5. The number of aromatic nitrogens is 1. The molecular formula is C28H30Cl2N4O. The quantitative estimate of drug-likeness (QED) is 0.317. The van der Waals surface area contributed by atoms with Gasteiger partial charge in [0.1, 0.15) is 0 Å². The van der Waals surface area contributed by atoms with Crippen molar-refractivity contribution in [2.45, 2.75) is 19.3 Å². The molecule has 1 fully saturated rings. The van der Waals surface area contributed by atoms with Gasteiger partial charge in [-0.1, -0.05) is 53.5 Å². The monoisotopic (exact) mass is 508 g/mol. The molecule has 1 amide bonds. The van der Waals surface area contributed by atoms with Gasteiger partial charge in [-0.25, -0.2) is 0 Å². The number of rotatable bonds is 7. The number of fused-ring (bicyclic) bond motifs is 3. The fraction of sp³-hybridized carbons (Fsp3) is 0.321. The number of benzene rings is 3. The summed E-state index contributed by atoms with van der Waals surface area (Å²) >= 11 is 12.6. The molecule has 0 radical (unpaired) electrons. The maximum Gasteiger partial charge on any atom is 0.249 e. The fourth-order valence-electron chi connectivity index (χ4n) is 5.42. The highest BCUT2D eigenvalue weighted by Crippen LogP contribution is 2.34. The van der Waals surface area contributed by atoms with Crippen LogP contribution in [0.4, 0.5) is 5.69 Å². The van der Waals surface area contributed by atoms with Crippen molar-refractivity contribution >= 4 is 56.6 Å². The van der Waals surface area contributed by atoms with E-state index in [2.05, 4.69) is 45.7 Å². The number of unbranched alkanes of at least 4 members (excludes halogenated alkanes) is 1. The Balaban J connectivity index is 1.24. The molecule has 0 unspecified atom stereocenters. The van der Waals surface area contributed by atoms with Gasteiger partial charge in [0.05, 0.1) is 21.2 Å². The SMILES string of the molecule is Cn1c2ccccc2c2ccc(C(N)=O)c(CCCCN3CCN(c4cccc(Cl)c4Cl)CC3)c21. The third-order valence-electron chi connectivity index (χ3n) is 7.23. The van der Waals surface area contributed by atoms with Crippen molar-refractivity contribution in [3.63, 3.8) is 0 Å². The number of primary amides is 1. The predicted molar refractivity (Wildman–Crippen MR) is 147 cm³/mol. The van der Waals surface area contributed by atoms with Crippen LogP contribution in [0.2, 0.25) is 10.0 Å². The lowest BCUT2D eigenvalue weighted by molar-refractivity contribution is 0.0999. The summed E-state index contributed by atoms with van der Waals surface area (Å²) in [6, 6.07) is 18.1. The molecule has 5 rings (SSSR count). The Morgan fingerprint density at radius 3 is 2.46 bits per heavy atom. The van der Waals surface area contributed by atoms with Crippen LogP contribution in [0.1, 0.15) is 28.8 Å². The van der Waals surface area contributed by atoms with Crippen LogP contribution in [0.15, 0.2) is 54.6 Å². The number of carbonyl (C=O) groups is 1. The van der Waals surface area contributed by atoms with Crippen LogP contribution < -0.4 is 10.6 Å². The number of nitrogens with zero attached hydrogens (tertiary/aromatic N) is 3. The molecule has 4 aromatic rings. The number of piperazine rings is 1. The molecule has 182 valence electrons. The second kappa shape index (κ2) is 10.1. The van der Waals surface area contributed by atoms with E-state index in [1.54, 1.807) is 0 Å². The number of carbonyl (C=O) groups excluding carboxylic acids is 1. The largest absolute Gasteiger partial charge is 0.368 e. The molecular weight excluding hydrogens is 479 g/mol. The van der Waals surface area contributed by atoms with Gasteiger partial charge in [-0.2, -0.15) is 0 Å². The van der Waals surface area contributed by atoms with E-state index in [0.717, 1.165) is 68.8 Å². The van der Waals surface area contributed by atoms with Crippen molar-refractivity contribution < 1.29 is 4.79 Å². The first-order valence-corrected chi connectivity index (χ1v) is 12.9. The summed E-state index contributed by atoms with van der Waals surface area (Å²) in [5.74, 6) is -0.358. The van der Waals surface area contributed by atoms with Crippen molar-refractivity contribution in [2.75, 3.05) is 37.6 Å². The highest BCUT2D eigenvalue weighted by Gasteiger charge is 2.20. The first-order valence-electron chi connectivity index (χ1n) is 12.2. The van der Waals surface area contributed by atoms with Crippen LogP contribution in [-0.2, 0) is 13.5 Å². The summed E-state index contributed by atoms with van der Waals surface area (Å²) in [5.41, 5.74) is 10.8. The van der Waals surface area contributed by atoms with Gasteiger partial charge in [-0.15, -0.1) is 0 Å². The number of hydrogen-bond acceptors (Lipinski definition) is 3. The third kappa shape index (κ3) is 4.61. The maximum absolute atomic E-state index is 12.2. The Morgan fingerprint density at radius 2 is 1.69 bits per heavy atom. The molecule has 0 bridgehead atoms. The first-order chi connectivity index (χ1) is 17.0. The summed E-state index contributed by atoms with van der Waals surface area (Å²) in [6.07, 6.45) is 2.90. The molecule has 7 heteroatoms. The molecule has 0 saturated carbocycles. The second-order valence-electron chi connectivity index (χ2n) is 9.29. The Morgan fingerprint density at radius 1 is 0.914 bits per heavy atom. The van der Waals surface area contributed by atoms with Gasteiger partial charge in [0.25, 0.3) is 0 Å². The molecule has 0 spiro atoms. The minimum atomic E-state index is -0.358. The van der Waals surface area contributed by atoms with Crippen molar-refractivity contribution in [3.8, 4) is 0 Å². The van der Waals surface area contributed by atoms with Crippen molar-refractivity contribution in [3.05, 3.63) is 75.8 Å². The predicted octanol–water partition coefficient (Wildman–Crippen LogP) is 5.88. The molecule has 1 aliphatic heterocycles. The number of para-hydroxylation sites is 1. The van der Waals surface area contributed by atoms with E-state index in [1.165, 1.54) is 16.3 Å². The Hall–Kier alpha value is -2.73. The van der Waals surface area contributed by atoms with E-state index >= 15 is 0 Å². The molecule has 0 aliphatic carbocycles. The topological polar surface area (TPSA) is 54.5 Å². The number of anilines is 1. The van der Waals surface area contributed by atoms with E-state index in [-0.39, 0.29) is 5.91 Å². The van der Waals surface area contributed by atoms with Gasteiger partial charge in [-0.3, -0.25) is 9.69 Å². The van der Waals surface area contributed by atoms with E-state index in [1.807, 2.05) is 30.3 Å². The normalized spacial score (nSPS) is 14.8. The Kier molecular flexibility index (Phi) is 6.92. The van der Waals surface area contributed by atoms with Gasteiger partial charge in [0.15, 0.2) is 0 Å². The summed E-state index contributed by atoms with van der Waals surface area (Å²) in [4.78, 5) is 17.1. The molecule has 35 heavy (non-hydrogen) atoms. The Labute approximate surface area is 216 Å². The van der Waals surface area contributed by atoms with Crippen molar-refractivity contribution in [1.29, 1.82) is 0 Å². The lowest BCUT2D eigenvalue weighted by atomic mass is 9.97. The van der Waals surface area contributed by atoms with Crippen molar-refractivity contribution in [2.24, 2.45) is 12.8 Å². The van der Waals surface area contributed by atoms with Gasteiger partial charge in [-0.05, 0) is 55.6 Å². The van der Waals surface area contributed by atoms with Crippen LogP contribution in [0.25, 0.3) is 21.8 Å². The van der Waals surface area contributed by atoms with E-state index in [9.17, 15) is 4.79 Å². The number of amides is 1. The number of nitrogens with two attached hydrogens (primary N) is 1. The molecule has 2 N–H and O–H groups in total. The highest BCUT2D eigenvalue weighted by atomic mass is 35.5. The first kappa shape index (κ1) is 24.0. The fourth-order valence-corrected chi connectivity index (χ4v) is 5.84. The summed E-state index contributed by atoms with van der Waals surface area (Å²) in [6.45, 7) is 4.89.